The van der Waals surface area contributed by atoms with E-state index in [-0.39, 0.29) is 11.9 Å². The Morgan fingerprint density at radius 1 is 1.21 bits per heavy atom. The minimum Gasteiger partial charge on any atom is -0.458 e. The maximum absolute atomic E-state index is 13.3. The van der Waals surface area contributed by atoms with Gasteiger partial charge >= 0.3 is 0 Å². The summed E-state index contributed by atoms with van der Waals surface area (Å²) in [5, 5.41) is 7.76. The lowest BCUT2D eigenvalue weighted by Crippen LogP contribution is -2.30. The molecule has 1 aromatic carbocycles. The highest BCUT2D eigenvalue weighted by Gasteiger charge is 2.26. The van der Waals surface area contributed by atoms with E-state index in [1.54, 1.807) is 28.9 Å². The lowest BCUT2D eigenvalue weighted by Gasteiger charge is -2.10. The lowest BCUT2D eigenvalue weighted by molar-refractivity contribution is -0.126. The summed E-state index contributed by atoms with van der Waals surface area (Å²) in [6.45, 7) is 1.55. The maximum Gasteiger partial charge on any atom is 0.224 e. The summed E-state index contributed by atoms with van der Waals surface area (Å²) in [5.74, 6) is -0.213. The van der Waals surface area contributed by atoms with E-state index in [0.717, 1.165) is 11.8 Å². The van der Waals surface area contributed by atoms with E-state index in [1.807, 2.05) is 12.1 Å². The number of nitrogens with zero attached hydrogens (tertiary/aromatic N) is 3. The molecule has 3 aromatic rings. The highest BCUT2D eigenvalue weighted by molar-refractivity contribution is 5.78. The lowest BCUT2D eigenvalue weighted by atomic mass is 10.2. The monoisotopic (exact) mass is 386 g/mol. The molecule has 1 aliphatic heterocycles. The molecule has 1 amide bonds. The van der Waals surface area contributed by atoms with Gasteiger partial charge in [-0.25, -0.2) is 8.78 Å². The van der Waals surface area contributed by atoms with Gasteiger partial charge in [-0.05, 0) is 35.9 Å². The minimum absolute atomic E-state index is 0.126. The fourth-order valence-corrected chi connectivity index (χ4v) is 3.26. The molecule has 6 nitrogen and oxygen atoms in total. The molecule has 1 aliphatic rings. The van der Waals surface area contributed by atoms with Gasteiger partial charge in [-0.3, -0.25) is 9.48 Å². The molecule has 3 heterocycles. The standard InChI is InChI=1S/C20H20F2N4O2/c1-25-12-14(9-20(25)27)23-10-15-3-5-19(28-15)18-6-7-26(24-18)11-13-2-4-16(21)17(22)8-13/h2-8,14,23H,9-12H2,1H3. The smallest absolute Gasteiger partial charge is 0.224 e. The number of likely N-dealkylation sites (N-methyl/N-ethyl adjacent to an activating group) is 1. The molecular formula is C20H20F2N4O2. The number of nitrogens with one attached hydrogen (secondary N) is 1. The number of benzene rings is 1. The zero-order valence-corrected chi connectivity index (χ0v) is 15.4. The molecule has 1 saturated heterocycles. The molecule has 0 aliphatic carbocycles. The Balaban J connectivity index is 1.37. The summed E-state index contributed by atoms with van der Waals surface area (Å²) in [7, 11) is 1.80. The topological polar surface area (TPSA) is 63.3 Å². The molecule has 0 spiro atoms. The first-order chi connectivity index (χ1) is 13.5. The van der Waals surface area contributed by atoms with E-state index in [9.17, 15) is 13.6 Å². The van der Waals surface area contributed by atoms with Crippen molar-refractivity contribution in [3.63, 3.8) is 0 Å². The molecule has 1 N–H and O–H groups in total. The number of furan rings is 1. The highest BCUT2D eigenvalue weighted by atomic mass is 19.2. The van der Waals surface area contributed by atoms with Crippen LogP contribution in [0.15, 0.2) is 47.0 Å². The summed E-state index contributed by atoms with van der Waals surface area (Å²) < 4.78 is 33.8. The first kappa shape index (κ1) is 18.4. The summed E-state index contributed by atoms with van der Waals surface area (Å²) in [6.07, 6.45) is 2.26. The van der Waals surface area contributed by atoms with Gasteiger partial charge in [0.05, 0.1) is 13.1 Å². The second-order valence-corrected chi connectivity index (χ2v) is 6.97. The van der Waals surface area contributed by atoms with Crippen LogP contribution in [0, 0.1) is 11.6 Å². The molecule has 146 valence electrons. The second kappa shape index (κ2) is 7.55. The van der Waals surface area contributed by atoms with Crippen molar-refractivity contribution in [2.24, 2.45) is 0 Å². The first-order valence-electron chi connectivity index (χ1n) is 9.02. The van der Waals surface area contributed by atoms with Gasteiger partial charge in [-0.1, -0.05) is 6.07 Å². The third-order valence-corrected chi connectivity index (χ3v) is 4.79. The van der Waals surface area contributed by atoms with Gasteiger partial charge in [-0.15, -0.1) is 0 Å². The van der Waals surface area contributed by atoms with Crippen molar-refractivity contribution in [3.05, 3.63) is 65.6 Å². The minimum atomic E-state index is -0.872. The number of halogens is 2. The fourth-order valence-electron chi connectivity index (χ4n) is 3.26. The van der Waals surface area contributed by atoms with Crippen molar-refractivity contribution in [1.29, 1.82) is 0 Å². The molecule has 8 heteroatoms. The number of likely N-dealkylation sites (tertiary alicyclic amines) is 1. The summed E-state index contributed by atoms with van der Waals surface area (Å²) in [6, 6.07) is 9.45. The molecule has 1 atom stereocenters. The van der Waals surface area contributed by atoms with Crippen LogP contribution in [0.5, 0.6) is 0 Å². The van der Waals surface area contributed by atoms with Gasteiger partial charge in [0.25, 0.3) is 0 Å². The Bertz CT molecular complexity index is 998. The SMILES string of the molecule is CN1CC(NCc2ccc(-c3ccn(Cc4ccc(F)c(F)c4)n3)o2)CC1=O. The van der Waals surface area contributed by atoms with Gasteiger partial charge in [-0.2, -0.15) is 5.10 Å². The molecule has 28 heavy (non-hydrogen) atoms. The van der Waals surface area contributed by atoms with E-state index in [0.29, 0.717) is 43.1 Å². The van der Waals surface area contributed by atoms with Crippen LogP contribution in [-0.2, 0) is 17.9 Å². The first-order valence-corrected chi connectivity index (χ1v) is 9.02. The molecule has 0 saturated carbocycles. The van der Waals surface area contributed by atoms with Crippen molar-refractivity contribution < 1.29 is 18.0 Å². The Morgan fingerprint density at radius 3 is 2.82 bits per heavy atom. The van der Waals surface area contributed by atoms with Gasteiger partial charge < -0.3 is 14.6 Å². The zero-order chi connectivity index (χ0) is 19.7. The normalized spacial score (nSPS) is 16.9. The number of carbonyl (C=O) groups is 1. The third kappa shape index (κ3) is 3.96. The van der Waals surface area contributed by atoms with E-state index in [2.05, 4.69) is 10.4 Å². The average Bonchev–Trinajstić information content (AvgIpc) is 3.38. The van der Waals surface area contributed by atoms with Crippen LogP contribution < -0.4 is 5.32 Å². The van der Waals surface area contributed by atoms with E-state index in [1.165, 1.54) is 12.1 Å². The fraction of sp³-hybridized carbons (Fsp3) is 0.300. The molecule has 0 bridgehead atoms. The van der Waals surface area contributed by atoms with Gasteiger partial charge in [0.1, 0.15) is 11.5 Å². The average molecular weight is 386 g/mol. The quantitative estimate of drug-likeness (QED) is 0.708. The maximum atomic E-state index is 13.3. The van der Waals surface area contributed by atoms with Crippen LogP contribution in [0.4, 0.5) is 8.78 Å². The van der Waals surface area contributed by atoms with Crippen molar-refractivity contribution >= 4 is 5.91 Å². The van der Waals surface area contributed by atoms with Gasteiger partial charge in [0.15, 0.2) is 17.4 Å². The molecular weight excluding hydrogens is 366 g/mol. The molecule has 0 radical (unpaired) electrons. The zero-order valence-electron chi connectivity index (χ0n) is 15.4. The van der Waals surface area contributed by atoms with Crippen LogP contribution in [-0.4, -0.2) is 40.2 Å². The van der Waals surface area contributed by atoms with Crippen LogP contribution >= 0.6 is 0 Å². The number of aromatic nitrogens is 2. The van der Waals surface area contributed by atoms with E-state index >= 15 is 0 Å². The molecule has 4 rings (SSSR count). The summed E-state index contributed by atoms with van der Waals surface area (Å²) in [5.41, 5.74) is 1.28. The number of rotatable bonds is 6. The molecule has 2 aromatic heterocycles. The van der Waals surface area contributed by atoms with Crippen molar-refractivity contribution in [2.75, 3.05) is 13.6 Å². The number of hydrogen-bond acceptors (Lipinski definition) is 4. The van der Waals surface area contributed by atoms with Gasteiger partial charge in [0, 0.05) is 32.3 Å². The van der Waals surface area contributed by atoms with Crippen LogP contribution in [0.25, 0.3) is 11.5 Å². The van der Waals surface area contributed by atoms with Gasteiger partial charge in [0.2, 0.25) is 5.91 Å². The number of hydrogen-bond donors (Lipinski definition) is 1. The number of carbonyl (C=O) groups excluding carboxylic acids is 1. The van der Waals surface area contributed by atoms with Crippen molar-refractivity contribution in [1.82, 2.24) is 20.0 Å². The largest absolute Gasteiger partial charge is 0.458 e. The van der Waals surface area contributed by atoms with Crippen LogP contribution in [0.3, 0.4) is 0 Å². The predicted octanol–water partition coefficient (Wildman–Crippen LogP) is 2.79. The van der Waals surface area contributed by atoms with Crippen molar-refractivity contribution in [3.8, 4) is 11.5 Å². The number of amides is 1. The Morgan fingerprint density at radius 2 is 2.07 bits per heavy atom. The third-order valence-electron chi connectivity index (χ3n) is 4.79. The second-order valence-electron chi connectivity index (χ2n) is 6.97. The Labute approximate surface area is 160 Å². The summed E-state index contributed by atoms with van der Waals surface area (Å²) >= 11 is 0. The Hall–Kier alpha value is -3.00. The van der Waals surface area contributed by atoms with E-state index in [4.69, 9.17) is 4.42 Å². The molecule has 1 unspecified atom stereocenters. The Kier molecular flexibility index (Phi) is 4.95. The van der Waals surface area contributed by atoms with Crippen molar-refractivity contribution in [2.45, 2.75) is 25.6 Å². The van der Waals surface area contributed by atoms with Crippen LogP contribution in [0.2, 0.25) is 0 Å². The van der Waals surface area contributed by atoms with E-state index < -0.39 is 11.6 Å². The highest BCUT2D eigenvalue weighted by Crippen LogP contribution is 2.21. The summed E-state index contributed by atoms with van der Waals surface area (Å²) in [4.78, 5) is 13.3. The predicted molar refractivity (Wildman–Crippen MR) is 98.3 cm³/mol. The van der Waals surface area contributed by atoms with Crippen LogP contribution in [0.1, 0.15) is 17.7 Å². The molecule has 1 fully saturated rings.